The molecule has 298 valence electrons. The summed E-state index contributed by atoms with van der Waals surface area (Å²) in [5.74, 6) is -3.40. The zero-order valence-electron chi connectivity index (χ0n) is 35.5. The standard InChI is InChI=1S/2C19H21N3O.C4H6O6.Ba.2H/c2*1-13-5-8-15(9-6-13)19-16(11-18(23)21(3)4)22-12-14(2)7-10-17(22)20-19;5-1(3(7)8)2(6)4(9)10;;;/h2*5-10,12H,11H2,1-4H3;1-2,5-6H,(H,7,8)(H,9,10);;;/q;;;+2;2*-1. The molecule has 6 aromatic rings. The maximum Gasteiger partial charge on any atom is 2.00 e. The summed E-state index contributed by atoms with van der Waals surface area (Å²) in [6, 6.07) is 24.6. The smallest absolute Gasteiger partial charge is 1.00 e. The molecule has 6 rings (SSSR count). The van der Waals surface area contributed by atoms with Gasteiger partial charge in [0.2, 0.25) is 11.8 Å². The van der Waals surface area contributed by atoms with Gasteiger partial charge in [-0.3, -0.25) is 9.59 Å². The molecule has 0 saturated heterocycles. The number of carboxylic acid groups (broad SMARTS) is 2. The fraction of sp³-hybridized carbons (Fsp3) is 0.286. The molecule has 2 amide bonds. The number of amides is 2. The normalized spacial score (nSPS) is 11.6. The number of aryl methyl sites for hydroxylation is 4. The number of pyridine rings is 2. The summed E-state index contributed by atoms with van der Waals surface area (Å²) in [5.41, 5.74) is 12.2. The van der Waals surface area contributed by atoms with Crippen LogP contribution in [0, 0.1) is 27.7 Å². The number of benzene rings is 2. The number of likely N-dealkylation sites (N-methyl/N-ethyl adjacent to an activating group) is 2. The molecule has 2 aromatic carbocycles. The molecule has 4 heterocycles. The maximum atomic E-state index is 12.3. The summed E-state index contributed by atoms with van der Waals surface area (Å²) in [7, 11) is 7.12. The van der Waals surface area contributed by atoms with E-state index >= 15 is 0 Å². The first-order valence-electron chi connectivity index (χ1n) is 17.7. The van der Waals surface area contributed by atoms with E-state index in [0.717, 1.165) is 56.3 Å². The van der Waals surface area contributed by atoms with Crippen LogP contribution in [-0.2, 0) is 32.0 Å². The first kappa shape index (κ1) is 46.6. The minimum atomic E-state index is -2.27. The second kappa shape index (κ2) is 20.6. The molecular formula is C42H50BaN6O8. The van der Waals surface area contributed by atoms with Crippen LogP contribution in [0.4, 0.5) is 0 Å². The van der Waals surface area contributed by atoms with Crippen LogP contribution < -0.4 is 0 Å². The molecule has 0 saturated carbocycles. The summed E-state index contributed by atoms with van der Waals surface area (Å²) >= 11 is 0. The van der Waals surface area contributed by atoms with E-state index in [9.17, 15) is 19.2 Å². The van der Waals surface area contributed by atoms with Crippen LogP contribution in [0.15, 0.2) is 85.2 Å². The predicted octanol–water partition coefficient (Wildman–Crippen LogP) is 4.22. The average molecular weight is 904 g/mol. The number of carbonyl (C=O) groups is 4. The van der Waals surface area contributed by atoms with Crippen LogP contribution >= 0.6 is 0 Å². The zero-order chi connectivity index (χ0) is 41.4. The third kappa shape index (κ3) is 12.1. The molecule has 0 spiro atoms. The number of fused-ring (bicyclic) bond motifs is 2. The summed E-state index contributed by atoms with van der Waals surface area (Å²) in [4.78, 5) is 56.8. The van der Waals surface area contributed by atoms with Crippen molar-refractivity contribution in [3.8, 4) is 22.5 Å². The summed E-state index contributed by atoms with van der Waals surface area (Å²) < 4.78 is 4.07. The Balaban J connectivity index is 0.000000464. The second-order valence-electron chi connectivity index (χ2n) is 13.9. The number of aliphatic hydroxyl groups excluding tert-OH is 2. The molecule has 0 aliphatic rings. The molecule has 4 N–H and O–H groups in total. The summed E-state index contributed by atoms with van der Waals surface area (Å²) in [5, 5.41) is 32.5. The van der Waals surface area contributed by atoms with Gasteiger partial charge in [-0.05, 0) is 51.0 Å². The van der Waals surface area contributed by atoms with Gasteiger partial charge in [0, 0.05) is 51.7 Å². The molecule has 0 bridgehead atoms. The fourth-order valence-electron chi connectivity index (χ4n) is 5.49. The number of nitrogens with zero attached hydrogens (tertiary/aromatic N) is 6. The van der Waals surface area contributed by atoms with Crippen molar-refractivity contribution in [3.05, 3.63) is 119 Å². The van der Waals surface area contributed by atoms with E-state index in [0.29, 0.717) is 12.8 Å². The number of hydrogen-bond acceptors (Lipinski definition) is 8. The Morgan fingerprint density at radius 2 is 0.860 bits per heavy atom. The Hall–Kier alpha value is -4.81. The van der Waals surface area contributed by atoms with Crippen molar-refractivity contribution in [3.63, 3.8) is 0 Å². The van der Waals surface area contributed by atoms with Crippen molar-refractivity contribution in [2.24, 2.45) is 0 Å². The first-order valence-corrected chi connectivity index (χ1v) is 17.7. The van der Waals surface area contributed by atoms with E-state index in [1.54, 1.807) is 38.0 Å². The largest absolute Gasteiger partial charge is 2.00 e. The number of aliphatic hydroxyl groups is 2. The van der Waals surface area contributed by atoms with Gasteiger partial charge >= 0.3 is 60.8 Å². The third-order valence-corrected chi connectivity index (χ3v) is 8.82. The molecule has 0 aliphatic carbocycles. The quantitative estimate of drug-likeness (QED) is 0.153. The molecule has 0 aliphatic heterocycles. The van der Waals surface area contributed by atoms with Crippen molar-refractivity contribution in [1.29, 1.82) is 0 Å². The van der Waals surface area contributed by atoms with Crippen LogP contribution in [0.2, 0.25) is 0 Å². The van der Waals surface area contributed by atoms with E-state index < -0.39 is 24.1 Å². The number of imidazole rings is 2. The van der Waals surface area contributed by atoms with Crippen LogP contribution in [0.1, 0.15) is 36.5 Å². The zero-order valence-corrected chi connectivity index (χ0v) is 37.9. The van der Waals surface area contributed by atoms with Crippen molar-refractivity contribution in [2.75, 3.05) is 28.2 Å². The number of carboxylic acids is 2. The Morgan fingerprint density at radius 3 is 1.14 bits per heavy atom. The average Bonchev–Trinajstić information content (AvgIpc) is 3.69. The van der Waals surface area contributed by atoms with E-state index in [1.165, 1.54) is 11.1 Å². The SMILES string of the molecule is Cc1ccc(-c2nc3ccc(C)cn3c2CC(=O)N(C)C)cc1.Cc1ccc(-c2nc3ccc(C)cn3c2CC(=O)N(C)C)cc1.O=C(O)C(O)C(O)C(=O)O.[Ba+2].[H-].[H-]. The van der Waals surface area contributed by atoms with Gasteiger partial charge in [-0.15, -0.1) is 0 Å². The van der Waals surface area contributed by atoms with Crippen molar-refractivity contribution >= 4 is 83.9 Å². The molecular weight excluding hydrogens is 854 g/mol. The van der Waals surface area contributed by atoms with Crippen LogP contribution in [0.5, 0.6) is 0 Å². The number of aromatic nitrogens is 4. The molecule has 14 nitrogen and oxygen atoms in total. The molecule has 4 aromatic heterocycles. The molecule has 0 fully saturated rings. The van der Waals surface area contributed by atoms with Gasteiger partial charge in [0.25, 0.3) is 0 Å². The van der Waals surface area contributed by atoms with Gasteiger partial charge in [-0.2, -0.15) is 0 Å². The van der Waals surface area contributed by atoms with Crippen molar-refractivity contribution in [1.82, 2.24) is 28.6 Å². The Labute approximate surface area is 374 Å². The number of aliphatic carboxylic acids is 2. The van der Waals surface area contributed by atoms with Crippen LogP contribution in [-0.4, -0.2) is 162 Å². The molecule has 15 heteroatoms. The number of hydrogen-bond donors (Lipinski definition) is 4. The van der Waals surface area contributed by atoms with Gasteiger partial charge in [0.1, 0.15) is 11.3 Å². The minimum Gasteiger partial charge on any atom is -1.00 e. The predicted molar refractivity (Wildman–Crippen MR) is 220 cm³/mol. The van der Waals surface area contributed by atoms with E-state index in [2.05, 4.69) is 62.4 Å². The van der Waals surface area contributed by atoms with E-state index in [-0.39, 0.29) is 63.5 Å². The Morgan fingerprint density at radius 1 is 0.561 bits per heavy atom. The van der Waals surface area contributed by atoms with E-state index in [1.807, 2.05) is 59.3 Å². The van der Waals surface area contributed by atoms with Crippen LogP contribution in [0.25, 0.3) is 33.8 Å². The number of rotatable bonds is 9. The minimum absolute atomic E-state index is 0. The first-order chi connectivity index (χ1) is 26.4. The third-order valence-electron chi connectivity index (χ3n) is 8.82. The van der Waals surface area contributed by atoms with Gasteiger partial charge < -0.3 is 41.9 Å². The van der Waals surface area contributed by atoms with Gasteiger partial charge in [0.05, 0.1) is 35.6 Å². The topological polar surface area (TPSA) is 190 Å². The number of carbonyl (C=O) groups excluding carboxylic acids is 2. The molecule has 2 unspecified atom stereocenters. The summed E-state index contributed by atoms with van der Waals surface area (Å²) in [6.45, 7) is 8.21. The second-order valence-corrected chi connectivity index (χ2v) is 13.9. The van der Waals surface area contributed by atoms with E-state index in [4.69, 9.17) is 30.4 Å². The summed E-state index contributed by atoms with van der Waals surface area (Å²) in [6.07, 6.45) is 0.216. The molecule has 0 radical (unpaired) electrons. The Kier molecular flexibility index (Phi) is 16.8. The fourth-order valence-corrected chi connectivity index (χ4v) is 5.49. The van der Waals surface area contributed by atoms with Gasteiger partial charge in [0.15, 0.2) is 12.2 Å². The Bertz CT molecular complexity index is 2200. The van der Waals surface area contributed by atoms with Gasteiger partial charge in [-0.1, -0.05) is 71.8 Å². The van der Waals surface area contributed by atoms with Crippen LogP contribution in [0.3, 0.4) is 0 Å². The maximum absolute atomic E-state index is 12.3. The molecule has 57 heavy (non-hydrogen) atoms. The molecule has 2 atom stereocenters. The van der Waals surface area contributed by atoms with Crippen molar-refractivity contribution in [2.45, 2.75) is 52.7 Å². The van der Waals surface area contributed by atoms with Gasteiger partial charge in [-0.25, -0.2) is 19.6 Å². The monoisotopic (exact) mass is 904 g/mol. The van der Waals surface area contributed by atoms with Crippen molar-refractivity contribution < 1.29 is 42.5 Å².